The molecule has 1 aliphatic rings. The molecule has 0 aliphatic carbocycles. The molecule has 3 atom stereocenters. The Labute approximate surface area is 135 Å². The highest BCUT2D eigenvalue weighted by molar-refractivity contribution is 6.30. The summed E-state index contributed by atoms with van der Waals surface area (Å²) in [7, 11) is 0. The lowest BCUT2D eigenvalue weighted by Gasteiger charge is -2.43. The van der Waals surface area contributed by atoms with Crippen molar-refractivity contribution in [3.05, 3.63) is 34.9 Å². The number of ether oxygens (including phenoxy) is 3. The smallest absolute Gasteiger partial charge is 0.340 e. The highest BCUT2D eigenvalue weighted by Crippen LogP contribution is 2.33. The van der Waals surface area contributed by atoms with Gasteiger partial charge in [0.15, 0.2) is 6.29 Å². The molecular formula is C16H21ClO5. The number of benzene rings is 1. The van der Waals surface area contributed by atoms with Crippen LogP contribution in [0.2, 0.25) is 5.02 Å². The van der Waals surface area contributed by atoms with Crippen LogP contribution in [-0.4, -0.2) is 35.9 Å². The van der Waals surface area contributed by atoms with Gasteiger partial charge in [-0.15, -0.1) is 0 Å². The third kappa shape index (κ3) is 3.98. The number of carbonyl (C=O) groups is 1. The molecule has 1 N–H and O–H groups in total. The topological polar surface area (TPSA) is 65.0 Å². The Balaban J connectivity index is 2.13. The third-order valence-electron chi connectivity index (χ3n) is 3.26. The molecule has 0 spiro atoms. The fourth-order valence-corrected chi connectivity index (χ4v) is 2.19. The average molecular weight is 329 g/mol. The molecule has 22 heavy (non-hydrogen) atoms. The van der Waals surface area contributed by atoms with Crippen molar-refractivity contribution < 1.29 is 24.1 Å². The zero-order chi connectivity index (χ0) is 16.5. The van der Waals surface area contributed by atoms with Crippen LogP contribution < -0.4 is 0 Å². The Bertz CT molecular complexity index is 550. The van der Waals surface area contributed by atoms with E-state index in [0.717, 1.165) is 0 Å². The molecule has 3 unspecified atom stereocenters. The fourth-order valence-electron chi connectivity index (χ4n) is 2.00. The molecule has 1 fully saturated rings. The Morgan fingerprint density at radius 2 is 2.14 bits per heavy atom. The van der Waals surface area contributed by atoms with E-state index in [1.54, 1.807) is 18.2 Å². The summed E-state index contributed by atoms with van der Waals surface area (Å²) in [5.41, 5.74) is -1.43. The first-order valence-corrected chi connectivity index (χ1v) is 7.43. The van der Waals surface area contributed by atoms with Crippen molar-refractivity contribution in [2.75, 3.05) is 6.61 Å². The molecule has 0 bridgehead atoms. The first-order valence-electron chi connectivity index (χ1n) is 7.05. The van der Waals surface area contributed by atoms with Crippen molar-refractivity contribution in [2.24, 2.45) is 5.41 Å². The summed E-state index contributed by atoms with van der Waals surface area (Å²) in [6, 6.07) is 6.40. The van der Waals surface area contributed by atoms with Gasteiger partial charge in [-0.2, -0.15) is 0 Å². The number of carbonyl (C=O) groups excluding carboxylic acids is 1. The molecule has 0 saturated carbocycles. The summed E-state index contributed by atoms with van der Waals surface area (Å²) in [5, 5.41) is 10.7. The van der Waals surface area contributed by atoms with E-state index in [-0.39, 0.29) is 12.0 Å². The van der Waals surface area contributed by atoms with E-state index >= 15 is 0 Å². The summed E-state index contributed by atoms with van der Waals surface area (Å²) in [4.78, 5) is 12.2. The lowest BCUT2D eigenvalue weighted by Crippen LogP contribution is -2.56. The molecule has 1 aromatic carbocycles. The van der Waals surface area contributed by atoms with Gasteiger partial charge in [-0.1, -0.05) is 38.4 Å². The minimum atomic E-state index is -1.42. The third-order valence-corrected chi connectivity index (χ3v) is 3.50. The van der Waals surface area contributed by atoms with Crippen molar-refractivity contribution >= 4 is 17.6 Å². The van der Waals surface area contributed by atoms with E-state index in [4.69, 9.17) is 25.8 Å². The maximum Gasteiger partial charge on any atom is 0.340 e. The molecule has 2 rings (SSSR count). The summed E-state index contributed by atoms with van der Waals surface area (Å²) in [6.07, 6.45) is -1.69. The lowest BCUT2D eigenvalue weighted by atomic mass is 9.94. The Morgan fingerprint density at radius 3 is 2.73 bits per heavy atom. The highest BCUT2D eigenvalue weighted by atomic mass is 35.5. The van der Waals surface area contributed by atoms with Gasteiger partial charge in [0.25, 0.3) is 0 Å². The normalized spacial score (nSPS) is 29.2. The van der Waals surface area contributed by atoms with Crippen LogP contribution in [0.1, 0.15) is 38.1 Å². The van der Waals surface area contributed by atoms with Gasteiger partial charge in [0.1, 0.15) is 5.60 Å². The van der Waals surface area contributed by atoms with Gasteiger partial charge in [0.05, 0.1) is 12.2 Å². The molecule has 0 radical (unpaired) electrons. The zero-order valence-corrected chi connectivity index (χ0v) is 13.9. The summed E-state index contributed by atoms with van der Waals surface area (Å²) in [6.45, 7) is 7.33. The van der Waals surface area contributed by atoms with Crippen LogP contribution in [0.15, 0.2) is 24.3 Å². The Kier molecular flexibility index (Phi) is 4.82. The summed E-state index contributed by atoms with van der Waals surface area (Å²) >= 11 is 5.86. The average Bonchev–Trinajstić information content (AvgIpc) is 2.39. The molecule has 0 aromatic heterocycles. The summed E-state index contributed by atoms with van der Waals surface area (Å²) in [5.74, 6) is -0.609. The van der Waals surface area contributed by atoms with Crippen LogP contribution in [0.25, 0.3) is 0 Å². The van der Waals surface area contributed by atoms with Crippen LogP contribution in [0.5, 0.6) is 0 Å². The van der Waals surface area contributed by atoms with Crippen molar-refractivity contribution in [3.8, 4) is 0 Å². The number of halogens is 1. The first-order chi connectivity index (χ1) is 10.1. The second-order valence-corrected chi connectivity index (χ2v) is 7.19. The number of rotatable bonds is 2. The van der Waals surface area contributed by atoms with Crippen LogP contribution in [0.4, 0.5) is 0 Å². The van der Waals surface area contributed by atoms with E-state index < -0.39 is 24.2 Å². The van der Waals surface area contributed by atoms with Crippen molar-refractivity contribution in [3.63, 3.8) is 0 Å². The van der Waals surface area contributed by atoms with Gasteiger partial charge >= 0.3 is 5.97 Å². The fraction of sp³-hybridized carbons (Fsp3) is 0.562. The molecule has 1 aromatic rings. The van der Waals surface area contributed by atoms with Crippen molar-refractivity contribution in [2.45, 2.75) is 45.9 Å². The zero-order valence-electron chi connectivity index (χ0n) is 13.1. The molecule has 122 valence electrons. The van der Waals surface area contributed by atoms with E-state index in [0.29, 0.717) is 10.6 Å². The molecule has 6 heteroatoms. The SMILES string of the molecule is CC(C)(C)C1OCC(C)(O)C(OC(=O)c2cccc(Cl)c2)O1. The van der Waals surface area contributed by atoms with Crippen LogP contribution in [0.3, 0.4) is 0 Å². The molecule has 1 aliphatic heterocycles. The number of hydrogen-bond donors (Lipinski definition) is 1. The highest BCUT2D eigenvalue weighted by Gasteiger charge is 2.46. The second kappa shape index (κ2) is 6.16. The second-order valence-electron chi connectivity index (χ2n) is 6.75. The predicted octanol–water partition coefficient (Wildman–Crippen LogP) is 2.99. The van der Waals surface area contributed by atoms with Gasteiger partial charge in [-0.05, 0) is 25.1 Å². The number of aliphatic hydroxyl groups is 1. The van der Waals surface area contributed by atoms with Gasteiger partial charge in [0.2, 0.25) is 6.29 Å². The number of esters is 1. The van der Waals surface area contributed by atoms with Gasteiger partial charge in [0, 0.05) is 10.4 Å². The van der Waals surface area contributed by atoms with Crippen molar-refractivity contribution in [1.29, 1.82) is 0 Å². The molecular weight excluding hydrogens is 308 g/mol. The van der Waals surface area contributed by atoms with E-state index in [9.17, 15) is 9.90 Å². The van der Waals surface area contributed by atoms with Crippen molar-refractivity contribution in [1.82, 2.24) is 0 Å². The maximum absolute atomic E-state index is 12.2. The van der Waals surface area contributed by atoms with Crippen LogP contribution in [0, 0.1) is 5.41 Å². The molecule has 5 nitrogen and oxygen atoms in total. The van der Waals surface area contributed by atoms with Crippen LogP contribution in [-0.2, 0) is 14.2 Å². The minimum absolute atomic E-state index is 0.0163. The van der Waals surface area contributed by atoms with E-state index in [2.05, 4.69) is 0 Å². The van der Waals surface area contributed by atoms with Gasteiger partial charge < -0.3 is 19.3 Å². The van der Waals surface area contributed by atoms with Gasteiger partial charge in [-0.25, -0.2) is 4.79 Å². The quantitative estimate of drug-likeness (QED) is 0.845. The minimum Gasteiger partial charge on any atom is -0.429 e. The van der Waals surface area contributed by atoms with Gasteiger partial charge in [-0.3, -0.25) is 0 Å². The molecule has 1 saturated heterocycles. The molecule has 0 amide bonds. The largest absolute Gasteiger partial charge is 0.429 e. The number of hydrogen-bond acceptors (Lipinski definition) is 5. The van der Waals surface area contributed by atoms with E-state index in [1.807, 2.05) is 20.8 Å². The Hall–Kier alpha value is -1.14. The van der Waals surface area contributed by atoms with Crippen LogP contribution >= 0.6 is 11.6 Å². The standard InChI is InChI=1S/C16H21ClO5/c1-15(2,3)13-20-9-16(4,19)14(22-13)21-12(18)10-6-5-7-11(17)8-10/h5-8,13-14,19H,9H2,1-4H3. The monoisotopic (exact) mass is 328 g/mol. The predicted molar refractivity (Wildman–Crippen MR) is 81.6 cm³/mol. The lowest BCUT2D eigenvalue weighted by molar-refractivity contribution is -0.358. The van der Waals surface area contributed by atoms with E-state index in [1.165, 1.54) is 13.0 Å². The summed E-state index contributed by atoms with van der Waals surface area (Å²) < 4.78 is 16.5. The Morgan fingerprint density at radius 1 is 1.45 bits per heavy atom. The maximum atomic E-state index is 12.2. The molecule has 1 heterocycles. The first kappa shape index (κ1) is 17.2.